The molecule has 0 amide bonds. The number of alkyl halides is 3. The van der Waals surface area contributed by atoms with Gasteiger partial charge in [0.2, 0.25) is 0 Å². The third-order valence-corrected chi connectivity index (χ3v) is 3.32. The molecule has 1 aromatic rings. The molecule has 1 aromatic heterocycles. The van der Waals surface area contributed by atoms with Gasteiger partial charge in [-0.1, -0.05) is 0 Å². The molecular formula is C12H16F3N3O. The van der Waals surface area contributed by atoms with E-state index in [9.17, 15) is 18.0 Å². The molecule has 0 saturated heterocycles. The van der Waals surface area contributed by atoms with Crippen LogP contribution in [0.4, 0.5) is 19.0 Å². The minimum atomic E-state index is -4.53. The van der Waals surface area contributed by atoms with Gasteiger partial charge in [-0.05, 0) is 19.4 Å². The number of nitrogens with two attached hydrogens (primary N) is 1. The van der Waals surface area contributed by atoms with E-state index in [0.717, 1.165) is 6.42 Å². The third kappa shape index (κ3) is 2.47. The van der Waals surface area contributed by atoms with Crippen molar-refractivity contribution in [3.63, 3.8) is 0 Å². The fraction of sp³-hybridized carbons (Fsp3) is 0.583. The van der Waals surface area contributed by atoms with E-state index >= 15 is 0 Å². The lowest BCUT2D eigenvalue weighted by atomic mass is 10.0. The first-order valence-electron chi connectivity index (χ1n) is 6.11. The van der Waals surface area contributed by atoms with Crippen molar-refractivity contribution < 1.29 is 13.2 Å². The van der Waals surface area contributed by atoms with Crippen LogP contribution in [0.3, 0.4) is 0 Å². The lowest BCUT2D eigenvalue weighted by Gasteiger charge is -2.32. The molecule has 4 nitrogen and oxygen atoms in total. The molecule has 7 heteroatoms. The Bertz CT molecular complexity index is 536. The molecule has 0 radical (unpaired) electrons. The summed E-state index contributed by atoms with van der Waals surface area (Å²) in [6, 6.07) is 0.688. The van der Waals surface area contributed by atoms with Crippen LogP contribution >= 0.6 is 0 Å². The van der Waals surface area contributed by atoms with Crippen molar-refractivity contribution in [1.82, 2.24) is 4.57 Å². The van der Waals surface area contributed by atoms with E-state index in [-0.39, 0.29) is 18.5 Å². The Labute approximate surface area is 108 Å². The maximum Gasteiger partial charge on any atom is 0.417 e. The Kier molecular flexibility index (Phi) is 3.58. The number of fused-ring (bicyclic) bond motifs is 1. The summed E-state index contributed by atoms with van der Waals surface area (Å²) in [7, 11) is 1.70. The molecule has 0 aliphatic carbocycles. The zero-order valence-electron chi connectivity index (χ0n) is 10.6. The molecule has 19 heavy (non-hydrogen) atoms. The Balaban J connectivity index is 2.74. The van der Waals surface area contributed by atoms with Crippen molar-refractivity contribution in [2.24, 2.45) is 5.73 Å². The highest BCUT2D eigenvalue weighted by atomic mass is 19.4. The first-order valence-corrected chi connectivity index (χ1v) is 6.11. The predicted molar refractivity (Wildman–Crippen MR) is 66.3 cm³/mol. The quantitative estimate of drug-likeness (QED) is 0.882. The summed E-state index contributed by atoms with van der Waals surface area (Å²) in [5.41, 5.74) is 4.08. The van der Waals surface area contributed by atoms with Crippen LogP contribution < -0.4 is 16.2 Å². The van der Waals surface area contributed by atoms with Crippen LogP contribution in [0.15, 0.2) is 10.9 Å². The van der Waals surface area contributed by atoms with Crippen LogP contribution in [-0.2, 0) is 19.1 Å². The predicted octanol–water partition coefficient (Wildman–Crippen LogP) is 1.21. The molecule has 2 rings (SSSR count). The molecule has 0 saturated carbocycles. The third-order valence-electron chi connectivity index (χ3n) is 3.32. The highest BCUT2D eigenvalue weighted by Gasteiger charge is 2.36. The molecular weight excluding hydrogens is 259 g/mol. The molecule has 2 heterocycles. The summed E-state index contributed by atoms with van der Waals surface area (Å²) in [6.45, 7) is 1.20. The van der Waals surface area contributed by atoms with E-state index in [1.807, 2.05) is 0 Å². The minimum absolute atomic E-state index is 0.106. The average Bonchev–Trinajstić information content (AvgIpc) is 2.31. The Morgan fingerprint density at radius 3 is 2.63 bits per heavy atom. The highest BCUT2D eigenvalue weighted by molar-refractivity contribution is 5.53. The number of pyridine rings is 1. The number of rotatable bonds is 2. The number of halogens is 3. The summed E-state index contributed by atoms with van der Waals surface area (Å²) < 4.78 is 40.5. The zero-order chi connectivity index (χ0) is 14.2. The van der Waals surface area contributed by atoms with Gasteiger partial charge in [-0.25, -0.2) is 0 Å². The number of anilines is 1. The van der Waals surface area contributed by atoms with Crippen molar-refractivity contribution in [2.45, 2.75) is 25.6 Å². The zero-order valence-corrected chi connectivity index (χ0v) is 10.6. The van der Waals surface area contributed by atoms with Gasteiger partial charge in [0.15, 0.2) is 0 Å². The van der Waals surface area contributed by atoms with E-state index < -0.39 is 17.3 Å². The van der Waals surface area contributed by atoms with Crippen molar-refractivity contribution in [3.05, 3.63) is 27.5 Å². The largest absolute Gasteiger partial charge is 0.417 e. The van der Waals surface area contributed by atoms with E-state index in [1.54, 1.807) is 11.9 Å². The second-order valence-corrected chi connectivity index (χ2v) is 4.66. The first kappa shape index (κ1) is 13.9. The molecule has 1 aliphatic heterocycles. The van der Waals surface area contributed by atoms with E-state index in [1.165, 1.54) is 4.57 Å². The van der Waals surface area contributed by atoms with Crippen molar-refractivity contribution >= 4 is 5.82 Å². The summed E-state index contributed by atoms with van der Waals surface area (Å²) in [5, 5.41) is 0. The van der Waals surface area contributed by atoms with E-state index in [2.05, 4.69) is 0 Å². The molecule has 2 N–H and O–H groups in total. The average molecular weight is 275 g/mol. The van der Waals surface area contributed by atoms with Crippen LogP contribution in [0.1, 0.15) is 17.5 Å². The van der Waals surface area contributed by atoms with Gasteiger partial charge in [0.1, 0.15) is 5.82 Å². The Hall–Kier alpha value is -1.50. The van der Waals surface area contributed by atoms with Crippen LogP contribution in [0.2, 0.25) is 0 Å². The molecule has 0 spiro atoms. The first-order chi connectivity index (χ1) is 8.86. The number of hydrogen-bond donors (Lipinski definition) is 1. The summed E-state index contributed by atoms with van der Waals surface area (Å²) in [5.74, 6) is 0.358. The van der Waals surface area contributed by atoms with E-state index in [0.29, 0.717) is 25.0 Å². The van der Waals surface area contributed by atoms with Gasteiger partial charge in [-0.15, -0.1) is 0 Å². The molecule has 0 aromatic carbocycles. The van der Waals surface area contributed by atoms with Gasteiger partial charge >= 0.3 is 6.18 Å². The fourth-order valence-corrected chi connectivity index (χ4v) is 2.54. The molecule has 106 valence electrons. The SMILES string of the molecule is CN1CCCn2c1c(CCN)c(C(F)(F)F)cc2=O. The molecule has 1 aliphatic rings. The molecule has 0 unspecified atom stereocenters. The smallest absolute Gasteiger partial charge is 0.361 e. The van der Waals surface area contributed by atoms with Crippen molar-refractivity contribution in [3.8, 4) is 0 Å². The normalized spacial score (nSPS) is 15.5. The Morgan fingerprint density at radius 1 is 1.37 bits per heavy atom. The Morgan fingerprint density at radius 2 is 2.05 bits per heavy atom. The van der Waals surface area contributed by atoms with Gasteiger partial charge in [-0.3, -0.25) is 9.36 Å². The fourth-order valence-electron chi connectivity index (χ4n) is 2.54. The van der Waals surface area contributed by atoms with E-state index in [4.69, 9.17) is 5.73 Å². The minimum Gasteiger partial charge on any atom is -0.361 e. The lowest BCUT2D eigenvalue weighted by molar-refractivity contribution is -0.138. The number of nitrogens with zero attached hydrogens (tertiary/aromatic N) is 2. The molecule has 0 atom stereocenters. The number of aromatic nitrogens is 1. The van der Waals surface area contributed by atoms with Crippen molar-refractivity contribution in [1.29, 1.82) is 0 Å². The monoisotopic (exact) mass is 275 g/mol. The van der Waals surface area contributed by atoms with Crippen LogP contribution in [0, 0.1) is 0 Å². The van der Waals surface area contributed by atoms with Gasteiger partial charge in [0, 0.05) is 31.8 Å². The molecule has 0 fully saturated rings. The second kappa shape index (κ2) is 4.88. The topological polar surface area (TPSA) is 51.3 Å². The summed E-state index contributed by atoms with van der Waals surface area (Å²) >= 11 is 0. The van der Waals surface area contributed by atoms with Gasteiger partial charge in [0.25, 0.3) is 5.56 Å². The highest BCUT2D eigenvalue weighted by Crippen LogP contribution is 2.36. The van der Waals surface area contributed by atoms with Gasteiger partial charge in [0.05, 0.1) is 5.56 Å². The second-order valence-electron chi connectivity index (χ2n) is 4.66. The lowest BCUT2D eigenvalue weighted by Crippen LogP contribution is -2.38. The summed E-state index contributed by atoms with van der Waals surface area (Å²) in [6.07, 6.45) is -3.68. The maximum atomic E-state index is 13.0. The maximum absolute atomic E-state index is 13.0. The standard InChI is InChI=1S/C12H16F3N3O/c1-17-5-2-6-18-10(19)7-9(12(13,14)15)8(3-4-16)11(17)18/h7H,2-6,16H2,1H3. The van der Waals surface area contributed by atoms with Crippen molar-refractivity contribution in [2.75, 3.05) is 25.0 Å². The van der Waals surface area contributed by atoms with Gasteiger partial charge < -0.3 is 10.6 Å². The van der Waals surface area contributed by atoms with Crippen LogP contribution in [0.5, 0.6) is 0 Å². The van der Waals surface area contributed by atoms with Gasteiger partial charge in [-0.2, -0.15) is 13.2 Å². The number of hydrogen-bond acceptors (Lipinski definition) is 3. The summed E-state index contributed by atoms with van der Waals surface area (Å²) in [4.78, 5) is 13.5. The van der Waals surface area contributed by atoms with Crippen LogP contribution in [0.25, 0.3) is 0 Å². The molecule has 0 bridgehead atoms. The van der Waals surface area contributed by atoms with Crippen LogP contribution in [-0.4, -0.2) is 24.7 Å².